The molecule has 0 fully saturated rings. The zero-order valence-electron chi connectivity index (χ0n) is 4.95. The Morgan fingerprint density at radius 1 is 0.364 bits per heavy atom. The maximum Gasteiger partial charge on any atom is 5.00 e. The van der Waals surface area contributed by atoms with Crippen LogP contribution >= 0.6 is 0 Å². The molecule has 5 nitrogen and oxygen atoms in total. The molecule has 0 N–H and O–H groups in total. The molecule has 0 atom stereocenters. The van der Waals surface area contributed by atoms with Crippen LogP contribution in [0.25, 0.3) is 0 Å². The van der Waals surface area contributed by atoms with E-state index in [9.17, 15) is 0 Å². The molecular formula is C5CrO5+5. The second kappa shape index (κ2) is 1060. The van der Waals surface area contributed by atoms with Crippen LogP contribution in [0.5, 0.6) is 0 Å². The van der Waals surface area contributed by atoms with Gasteiger partial charge in [0.15, 0.2) is 0 Å². The molecule has 0 spiro atoms. The first kappa shape index (κ1) is 48.7. The van der Waals surface area contributed by atoms with Crippen LogP contribution in [0, 0.1) is 33.3 Å². The van der Waals surface area contributed by atoms with E-state index >= 15 is 0 Å². The average molecular weight is 192 g/mol. The SMILES string of the molecule is [C-]#[O+].[C-]#[O+].[C-]#[O+].[C-]#[O+].[C-]#[O+].[Cr+5]. The first-order chi connectivity index (χ1) is 5.00. The van der Waals surface area contributed by atoms with Crippen molar-refractivity contribution >= 4 is 0 Å². The second-order valence-electron chi connectivity index (χ2n) is 0. The van der Waals surface area contributed by atoms with Crippen LogP contribution in [0.4, 0.5) is 0 Å². The molecule has 0 heterocycles. The number of hydrogen-bond acceptors (Lipinski definition) is 0. The average Bonchev–Trinajstić information content (AvgIpc) is 2.20. The van der Waals surface area contributed by atoms with Gasteiger partial charge in [0, 0.05) is 0 Å². The van der Waals surface area contributed by atoms with E-state index in [-0.39, 0.29) is 17.4 Å². The summed E-state index contributed by atoms with van der Waals surface area (Å²) in [6.45, 7) is 22.5. The van der Waals surface area contributed by atoms with Crippen molar-refractivity contribution in [1.29, 1.82) is 0 Å². The molecule has 51 valence electrons. The summed E-state index contributed by atoms with van der Waals surface area (Å²) in [5.41, 5.74) is 0. The normalized spacial score (nSPS) is 0.909. The van der Waals surface area contributed by atoms with Gasteiger partial charge in [0.25, 0.3) is 0 Å². The van der Waals surface area contributed by atoms with Crippen molar-refractivity contribution in [3.8, 4) is 0 Å². The maximum atomic E-state index is 7.50. The van der Waals surface area contributed by atoms with E-state index in [1.807, 2.05) is 0 Å². The molecule has 0 aliphatic carbocycles. The molecule has 6 heteroatoms. The minimum absolute atomic E-state index is 0. The Morgan fingerprint density at radius 3 is 0.364 bits per heavy atom. The Bertz CT molecular complexity index is 73.4. The standard InChI is InChI=1S/5CO.Cr/c5*1-2;/q;;;;;+5. The molecule has 0 saturated heterocycles. The Hall–Kier alpha value is -0.768. The zero-order valence-corrected chi connectivity index (χ0v) is 6.22. The number of hydrogen-bond donors (Lipinski definition) is 0. The fourth-order valence-corrected chi connectivity index (χ4v) is 0. The largest absolute Gasteiger partial charge is 5.00 e. The minimum atomic E-state index is 0. The van der Waals surface area contributed by atoms with Crippen molar-refractivity contribution in [1.82, 2.24) is 0 Å². The monoisotopic (exact) mass is 192 g/mol. The van der Waals surface area contributed by atoms with E-state index in [0.29, 0.717) is 0 Å². The topological polar surface area (TPSA) is 99.5 Å². The summed E-state index contributed by atoms with van der Waals surface area (Å²) < 4.78 is 37.5. The van der Waals surface area contributed by atoms with Crippen molar-refractivity contribution in [2.75, 3.05) is 0 Å². The first-order valence-corrected chi connectivity index (χ1v) is 1.02. The van der Waals surface area contributed by atoms with Gasteiger partial charge in [-0.25, -0.2) is 0 Å². The summed E-state index contributed by atoms with van der Waals surface area (Å²) in [6, 6.07) is 0. The van der Waals surface area contributed by atoms with Crippen molar-refractivity contribution in [2.45, 2.75) is 0 Å². The fraction of sp³-hybridized carbons (Fsp3) is 0. The van der Waals surface area contributed by atoms with Gasteiger partial charge in [0.1, 0.15) is 0 Å². The Kier molecular flexibility index (Phi) is 4700. The summed E-state index contributed by atoms with van der Waals surface area (Å²) in [5, 5.41) is 0. The molecule has 0 aromatic rings. The molecule has 0 bridgehead atoms. The van der Waals surface area contributed by atoms with Crippen molar-refractivity contribution in [3.63, 3.8) is 0 Å². The Balaban J connectivity index is -0.00000000694. The van der Waals surface area contributed by atoms with Crippen LogP contribution in [-0.4, -0.2) is 0 Å². The van der Waals surface area contributed by atoms with Gasteiger partial charge in [-0.3, -0.25) is 0 Å². The third-order valence-corrected chi connectivity index (χ3v) is 0. The van der Waals surface area contributed by atoms with Gasteiger partial charge in [-0.2, -0.15) is 0 Å². The van der Waals surface area contributed by atoms with Gasteiger partial charge < -0.3 is 0 Å². The first-order valence-electron chi connectivity index (χ1n) is 1.02. The van der Waals surface area contributed by atoms with Gasteiger partial charge in [-0.15, -0.1) is 0 Å². The fourth-order valence-electron chi connectivity index (χ4n) is 0. The van der Waals surface area contributed by atoms with Crippen LogP contribution in [0.2, 0.25) is 0 Å². The van der Waals surface area contributed by atoms with Crippen molar-refractivity contribution in [3.05, 3.63) is 33.3 Å². The molecule has 0 saturated carbocycles. The van der Waals surface area contributed by atoms with E-state index < -0.39 is 0 Å². The number of rotatable bonds is 0. The van der Waals surface area contributed by atoms with E-state index in [0.717, 1.165) is 0 Å². The van der Waals surface area contributed by atoms with E-state index in [2.05, 4.69) is 33.3 Å². The van der Waals surface area contributed by atoms with E-state index in [4.69, 9.17) is 23.3 Å². The van der Waals surface area contributed by atoms with Crippen LogP contribution in [0.1, 0.15) is 0 Å². The molecule has 1 radical (unpaired) electrons. The molecule has 0 amide bonds. The van der Waals surface area contributed by atoms with Crippen molar-refractivity contribution in [2.24, 2.45) is 0 Å². The van der Waals surface area contributed by atoms with Gasteiger partial charge in [-0.05, 0) is 0 Å². The smallest absolute Gasteiger partial charge is 5.00 e. The van der Waals surface area contributed by atoms with Crippen LogP contribution < -0.4 is 0 Å². The molecule has 11 heavy (non-hydrogen) atoms. The molecule has 0 aliphatic rings. The third kappa shape index (κ3) is 820. The quantitative estimate of drug-likeness (QED) is 0.375. The van der Waals surface area contributed by atoms with Crippen LogP contribution in [-0.2, 0) is 40.6 Å². The minimum Gasteiger partial charge on any atom is 5.00 e. The summed E-state index contributed by atoms with van der Waals surface area (Å²) in [4.78, 5) is 0. The maximum absolute atomic E-state index is 7.50. The summed E-state index contributed by atoms with van der Waals surface area (Å²) in [6.07, 6.45) is 0. The van der Waals surface area contributed by atoms with Crippen LogP contribution in [0.3, 0.4) is 0 Å². The predicted octanol–water partition coefficient (Wildman–Crippen LogP) is -0.190. The Morgan fingerprint density at radius 2 is 0.364 bits per heavy atom. The molecular weight excluding hydrogens is 192 g/mol. The Labute approximate surface area is 74.5 Å². The third-order valence-electron chi connectivity index (χ3n) is 0. The molecule has 0 aliphatic heterocycles. The van der Waals surface area contributed by atoms with Gasteiger partial charge in [0.05, 0.1) is 0 Å². The molecule has 0 rings (SSSR count). The zero-order chi connectivity index (χ0) is 10.0. The molecule has 0 aromatic carbocycles. The van der Waals surface area contributed by atoms with E-state index in [1.165, 1.54) is 0 Å². The molecule has 0 unspecified atom stereocenters. The summed E-state index contributed by atoms with van der Waals surface area (Å²) in [7, 11) is 0. The summed E-state index contributed by atoms with van der Waals surface area (Å²) in [5.74, 6) is 0. The summed E-state index contributed by atoms with van der Waals surface area (Å²) >= 11 is 0. The van der Waals surface area contributed by atoms with Gasteiger partial charge >= 0.3 is 73.9 Å². The van der Waals surface area contributed by atoms with Gasteiger partial charge in [-0.1, -0.05) is 0 Å². The predicted molar refractivity (Wildman–Crippen MR) is 19.6 cm³/mol. The van der Waals surface area contributed by atoms with Crippen LogP contribution in [0.15, 0.2) is 0 Å². The molecule has 0 aromatic heterocycles. The van der Waals surface area contributed by atoms with Crippen molar-refractivity contribution < 1.29 is 40.6 Å². The van der Waals surface area contributed by atoms with E-state index in [1.54, 1.807) is 0 Å². The van der Waals surface area contributed by atoms with Gasteiger partial charge in [0.2, 0.25) is 0 Å². The second-order valence-corrected chi connectivity index (χ2v) is 0.